The molecule has 0 amide bonds. The topological polar surface area (TPSA) is 65.1 Å². The molecular weight excluding hydrogens is 414 g/mol. The van der Waals surface area contributed by atoms with Crippen molar-refractivity contribution < 1.29 is 0 Å². The van der Waals surface area contributed by atoms with Crippen LogP contribution < -0.4 is 5.56 Å². The zero-order valence-electron chi connectivity index (χ0n) is 15.9. The normalized spacial score (nSPS) is 11.2. The number of nitrogens with zero attached hydrogens (tertiary/aromatic N) is 5. The van der Waals surface area contributed by atoms with Crippen LogP contribution in [0.15, 0.2) is 88.3 Å². The first-order chi connectivity index (χ1) is 14.8. The summed E-state index contributed by atoms with van der Waals surface area (Å²) < 4.78 is 3.62. The van der Waals surface area contributed by atoms with Gasteiger partial charge in [-0.15, -0.1) is 21.5 Å². The average molecular weight is 432 g/mol. The van der Waals surface area contributed by atoms with Crippen molar-refractivity contribution >= 4 is 28.7 Å². The van der Waals surface area contributed by atoms with Gasteiger partial charge in [0.05, 0.1) is 5.69 Å². The van der Waals surface area contributed by atoms with Crippen molar-refractivity contribution in [1.29, 1.82) is 0 Å². The monoisotopic (exact) mass is 431 g/mol. The van der Waals surface area contributed by atoms with E-state index >= 15 is 0 Å². The van der Waals surface area contributed by atoms with E-state index in [2.05, 4.69) is 31.2 Å². The molecule has 6 nitrogen and oxygen atoms in total. The van der Waals surface area contributed by atoms with Crippen LogP contribution in [0.5, 0.6) is 0 Å². The number of aromatic nitrogens is 5. The van der Waals surface area contributed by atoms with E-state index in [9.17, 15) is 4.79 Å². The molecule has 30 heavy (non-hydrogen) atoms. The Morgan fingerprint density at radius 1 is 0.967 bits per heavy atom. The molecule has 4 heterocycles. The Morgan fingerprint density at radius 2 is 1.83 bits per heavy atom. The summed E-state index contributed by atoms with van der Waals surface area (Å²) in [6.07, 6.45) is 2.44. The summed E-state index contributed by atoms with van der Waals surface area (Å²) in [6, 6.07) is 21.4. The maximum atomic E-state index is 12.4. The van der Waals surface area contributed by atoms with Crippen LogP contribution in [0.2, 0.25) is 0 Å². The quantitative estimate of drug-likeness (QED) is 0.377. The van der Waals surface area contributed by atoms with Gasteiger partial charge in [-0.05, 0) is 35.7 Å². The molecule has 0 saturated heterocycles. The highest BCUT2D eigenvalue weighted by Gasteiger charge is 2.16. The van der Waals surface area contributed by atoms with Gasteiger partial charge in [-0.2, -0.15) is 0 Å². The number of rotatable bonds is 6. The molecule has 1 aromatic carbocycles. The fourth-order valence-electron chi connectivity index (χ4n) is 3.23. The molecule has 148 valence electrons. The summed E-state index contributed by atoms with van der Waals surface area (Å²) in [5.74, 6) is 1.42. The van der Waals surface area contributed by atoms with Crippen molar-refractivity contribution in [3.8, 4) is 5.69 Å². The van der Waals surface area contributed by atoms with Gasteiger partial charge in [0, 0.05) is 35.0 Å². The molecule has 0 atom stereocenters. The molecule has 0 saturated carbocycles. The van der Waals surface area contributed by atoms with Gasteiger partial charge in [0.15, 0.2) is 5.16 Å². The summed E-state index contributed by atoms with van der Waals surface area (Å²) in [4.78, 5) is 18.2. The standard InChI is InChI=1S/C22H17N5OS2/c28-21-13-16(23-19-10-4-5-11-26(19)21)15-30-22-25-24-20(14-18-9-6-12-29-18)27(22)17-7-2-1-3-8-17/h1-13H,14-15H2. The Hall–Kier alpha value is -3.23. The summed E-state index contributed by atoms with van der Waals surface area (Å²) in [5, 5.41) is 11.8. The molecule has 0 radical (unpaired) electrons. The third-order valence-corrected chi connectivity index (χ3v) is 6.44. The number of fused-ring (bicyclic) bond motifs is 1. The molecule has 0 N–H and O–H groups in total. The lowest BCUT2D eigenvalue weighted by atomic mass is 10.3. The fraction of sp³-hybridized carbons (Fsp3) is 0.0909. The maximum absolute atomic E-state index is 12.4. The van der Waals surface area contributed by atoms with Gasteiger partial charge in [0.1, 0.15) is 11.5 Å². The SMILES string of the molecule is O=c1cc(CSc2nnc(Cc3cccs3)n2-c2ccccc2)nc2ccccn12. The van der Waals surface area contributed by atoms with E-state index in [0.717, 1.165) is 28.8 Å². The van der Waals surface area contributed by atoms with Gasteiger partial charge in [0.25, 0.3) is 5.56 Å². The predicted molar refractivity (Wildman–Crippen MR) is 120 cm³/mol. The van der Waals surface area contributed by atoms with Crippen LogP contribution in [0.25, 0.3) is 11.3 Å². The summed E-state index contributed by atoms with van der Waals surface area (Å²) in [7, 11) is 0. The minimum atomic E-state index is -0.0842. The number of pyridine rings is 1. The number of para-hydroxylation sites is 1. The Morgan fingerprint density at radius 3 is 2.67 bits per heavy atom. The van der Waals surface area contributed by atoms with E-state index in [1.807, 2.05) is 54.6 Å². The third kappa shape index (κ3) is 3.79. The zero-order chi connectivity index (χ0) is 20.3. The highest BCUT2D eigenvalue weighted by atomic mass is 32.2. The molecule has 0 aliphatic carbocycles. The molecule has 8 heteroatoms. The van der Waals surface area contributed by atoms with E-state index in [1.54, 1.807) is 28.0 Å². The number of thiophene rings is 1. The van der Waals surface area contributed by atoms with Crippen LogP contribution >= 0.6 is 23.1 Å². The van der Waals surface area contributed by atoms with Crippen LogP contribution in [0.1, 0.15) is 16.4 Å². The molecule has 0 unspecified atom stereocenters. The van der Waals surface area contributed by atoms with Crippen molar-refractivity contribution in [2.45, 2.75) is 17.3 Å². The molecule has 4 aromatic heterocycles. The number of hydrogen-bond acceptors (Lipinski definition) is 6. The minimum Gasteiger partial charge on any atom is -0.274 e. The van der Waals surface area contributed by atoms with E-state index in [0.29, 0.717) is 11.4 Å². The van der Waals surface area contributed by atoms with Gasteiger partial charge in [-0.3, -0.25) is 13.8 Å². The number of thioether (sulfide) groups is 1. The molecule has 5 rings (SSSR count). The highest BCUT2D eigenvalue weighted by molar-refractivity contribution is 7.98. The van der Waals surface area contributed by atoms with Crippen molar-refractivity contribution in [2.24, 2.45) is 0 Å². The van der Waals surface area contributed by atoms with Crippen LogP contribution in [-0.4, -0.2) is 24.1 Å². The molecule has 0 fully saturated rings. The predicted octanol–water partition coefficient (Wildman–Crippen LogP) is 4.22. The average Bonchev–Trinajstić information content (AvgIpc) is 3.43. The second-order valence-corrected chi connectivity index (χ2v) is 8.60. The molecule has 0 aliphatic heterocycles. The molecule has 0 aliphatic rings. The van der Waals surface area contributed by atoms with Crippen LogP contribution in [-0.2, 0) is 12.2 Å². The first kappa shape index (κ1) is 18.8. The maximum Gasteiger partial charge on any atom is 0.258 e. The Kier molecular flexibility index (Phi) is 5.17. The third-order valence-electron chi connectivity index (χ3n) is 4.60. The zero-order valence-corrected chi connectivity index (χ0v) is 17.5. The van der Waals surface area contributed by atoms with Gasteiger partial charge < -0.3 is 0 Å². The van der Waals surface area contributed by atoms with E-state index in [1.165, 1.54) is 16.6 Å². The molecular formula is C22H17N5OS2. The van der Waals surface area contributed by atoms with Gasteiger partial charge in [-0.1, -0.05) is 42.1 Å². The highest BCUT2D eigenvalue weighted by Crippen LogP contribution is 2.26. The Balaban J connectivity index is 1.47. The van der Waals surface area contributed by atoms with Gasteiger partial charge in [-0.25, -0.2) is 4.98 Å². The van der Waals surface area contributed by atoms with Crippen LogP contribution in [0.3, 0.4) is 0 Å². The molecule has 5 aromatic rings. The van der Waals surface area contributed by atoms with Crippen LogP contribution in [0.4, 0.5) is 0 Å². The number of benzene rings is 1. The van der Waals surface area contributed by atoms with E-state index in [-0.39, 0.29) is 5.56 Å². The lowest BCUT2D eigenvalue weighted by molar-refractivity contribution is 0.850. The molecule has 0 bridgehead atoms. The Bertz CT molecular complexity index is 1340. The lowest BCUT2D eigenvalue weighted by Gasteiger charge is -2.10. The Labute approximate surface area is 180 Å². The summed E-state index contributed by atoms with van der Waals surface area (Å²) in [6.45, 7) is 0. The summed E-state index contributed by atoms with van der Waals surface area (Å²) >= 11 is 3.24. The smallest absolute Gasteiger partial charge is 0.258 e. The lowest BCUT2D eigenvalue weighted by Crippen LogP contribution is -2.14. The molecule has 0 spiro atoms. The second-order valence-electron chi connectivity index (χ2n) is 6.63. The van der Waals surface area contributed by atoms with E-state index < -0.39 is 0 Å². The first-order valence-corrected chi connectivity index (χ1v) is 11.3. The fourth-order valence-corrected chi connectivity index (χ4v) is 4.79. The summed E-state index contributed by atoms with van der Waals surface area (Å²) in [5.41, 5.74) is 2.30. The van der Waals surface area contributed by atoms with Crippen molar-refractivity contribution in [2.75, 3.05) is 0 Å². The minimum absolute atomic E-state index is 0.0842. The van der Waals surface area contributed by atoms with Crippen molar-refractivity contribution in [3.63, 3.8) is 0 Å². The number of hydrogen-bond donors (Lipinski definition) is 0. The largest absolute Gasteiger partial charge is 0.274 e. The first-order valence-electron chi connectivity index (χ1n) is 9.40. The van der Waals surface area contributed by atoms with Crippen molar-refractivity contribution in [1.82, 2.24) is 24.1 Å². The second kappa shape index (κ2) is 8.25. The van der Waals surface area contributed by atoms with Crippen molar-refractivity contribution in [3.05, 3.63) is 105 Å². The van der Waals surface area contributed by atoms with Crippen LogP contribution in [0, 0.1) is 0 Å². The van der Waals surface area contributed by atoms with Gasteiger partial charge >= 0.3 is 0 Å². The van der Waals surface area contributed by atoms with E-state index in [4.69, 9.17) is 0 Å². The van der Waals surface area contributed by atoms with Gasteiger partial charge in [0.2, 0.25) is 0 Å².